The van der Waals surface area contributed by atoms with Crippen LogP contribution in [0, 0.1) is 0 Å². The highest BCUT2D eigenvalue weighted by molar-refractivity contribution is 6.54. The zero-order chi connectivity index (χ0) is 19.3. The third-order valence-corrected chi connectivity index (χ3v) is 5.11. The van der Waals surface area contributed by atoms with Gasteiger partial charge in [0.15, 0.2) is 5.65 Å². The summed E-state index contributed by atoms with van der Waals surface area (Å²) in [5.74, 6) is 0. The molecule has 3 rings (SSSR count). The van der Waals surface area contributed by atoms with Crippen LogP contribution in [0.4, 0.5) is 4.39 Å². The zero-order valence-electron chi connectivity index (χ0n) is 16.6. The van der Waals surface area contributed by atoms with Crippen molar-refractivity contribution >= 4 is 24.2 Å². The Hall–Kier alpha value is -1.79. The zero-order valence-corrected chi connectivity index (χ0v) is 16.6. The van der Waals surface area contributed by atoms with E-state index in [2.05, 4.69) is 30.7 Å². The Kier molecular flexibility index (Phi) is 4.48. The maximum atomic E-state index is 14.7. The first-order valence-corrected chi connectivity index (χ1v) is 8.89. The fourth-order valence-corrected chi connectivity index (χ4v) is 2.71. The Morgan fingerprint density at radius 3 is 2.31 bits per heavy atom. The predicted octanol–water partition coefficient (Wildman–Crippen LogP) is 4.87. The molecule has 2 aromatic rings. The Labute approximate surface area is 155 Å². The fourth-order valence-electron chi connectivity index (χ4n) is 2.71. The van der Waals surface area contributed by atoms with Gasteiger partial charge in [0, 0.05) is 22.7 Å². The van der Waals surface area contributed by atoms with E-state index in [9.17, 15) is 4.39 Å². The summed E-state index contributed by atoms with van der Waals surface area (Å²) in [6, 6.07) is 5.83. The number of hydrogen-bond donors (Lipinski definition) is 0. The highest BCUT2D eigenvalue weighted by Crippen LogP contribution is 2.39. The standard InChI is InChI=1S/C20H26BFN2O2/c1-18(2,3)15-9-8-14-10-13(12-23-17(14)24-15)11-16(22)21-25-19(4,5)20(6,7)26-21/h8-12H,1-7H3. The molecule has 0 radical (unpaired) electrons. The van der Waals surface area contributed by atoms with Crippen molar-refractivity contribution in [3.63, 3.8) is 0 Å². The van der Waals surface area contributed by atoms with Crippen LogP contribution in [-0.2, 0) is 14.7 Å². The maximum absolute atomic E-state index is 14.7. The third-order valence-electron chi connectivity index (χ3n) is 5.11. The van der Waals surface area contributed by atoms with E-state index >= 15 is 0 Å². The molecule has 0 saturated carbocycles. The van der Waals surface area contributed by atoms with Crippen molar-refractivity contribution in [1.29, 1.82) is 0 Å². The van der Waals surface area contributed by atoms with Crippen LogP contribution in [-0.4, -0.2) is 28.3 Å². The van der Waals surface area contributed by atoms with E-state index < -0.39 is 24.0 Å². The van der Waals surface area contributed by atoms with Gasteiger partial charge in [0.2, 0.25) is 0 Å². The molecule has 0 aromatic carbocycles. The summed E-state index contributed by atoms with van der Waals surface area (Å²) in [5.41, 5.74) is 0.626. The fraction of sp³-hybridized carbons (Fsp3) is 0.500. The van der Waals surface area contributed by atoms with Gasteiger partial charge in [-0.2, -0.15) is 0 Å². The molecule has 0 spiro atoms. The largest absolute Gasteiger partial charge is 0.525 e. The van der Waals surface area contributed by atoms with Gasteiger partial charge in [-0.05, 0) is 57.5 Å². The minimum absolute atomic E-state index is 0.0443. The van der Waals surface area contributed by atoms with Crippen LogP contribution in [0.3, 0.4) is 0 Å². The first-order chi connectivity index (χ1) is 11.9. The lowest BCUT2D eigenvalue weighted by Crippen LogP contribution is -2.41. The average molecular weight is 356 g/mol. The molecule has 0 amide bonds. The summed E-state index contributed by atoms with van der Waals surface area (Å²) in [6.07, 6.45) is 3.03. The molecule has 1 saturated heterocycles. The van der Waals surface area contributed by atoms with Crippen molar-refractivity contribution < 1.29 is 13.7 Å². The molecular weight excluding hydrogens is 330 g/mol. The van der Waals surface area contributed by atoms with Gasteiger partial charge in [0.05, 0.1) is 11.2 Å². The van der Waals surface area contributed by atoms with E-state index in [0.717, 1.165) is 11.1 Å². The Morgan fingerprint density at radius 1 is 1.12 bits per heavy atom. The van der Waals surface area contributed by atoms with E-state index in [4.69, 9.17) is 9.31 Å². The van der Waals surface area contributed by atoms with Gasteiger partial charge in [-0.3, -0.25) is 0 Å². The van der Waals surface area contributed by atoms with Gasteiger partial charge in [0.25, 0.3) is 0 Å². The SMILES string of the molecule is CC(C)(C)c1ccc2cc(C=C(F)B3OC(C)(C)C(C)(C)O3)cnc2n1. The molecule has 0 unspecified atom stereocenters. The summed E-state index contributed by atoms with van der Waals surface area (Å²) in [4.78, 5) is 9.00. The highest BCUT2D eigenvalue weighted by Gasteiger charge is 2.53. The molecule has 6 heteroatoms. The monoisotopic (exact) mass is 356 g/mol. The van der Waals surface area contributed by atoms with Crippen molar-refractivity contribution in [3.8, 4) is 0 Å². The molecule has 138 valence electrons. The van der Waals surface area contributed by atoms with Crippen molar-refractivity contribution in [2.24, 2.45) is 0 Å². The lowest BCUT2D eigenvalue weighted by Gasteiger charge is -2.32. The number of halogens is 1. The molecule has 4 nitrogen and oxygen atoms in total. The van der Waals surface area contributed by atoms with Crippen molar-refractivity contribution in [2.75, 3.05) is 0 Å². The highest BCUT2D eigenvalue weighted by atomic mass is 19.1. The van der Waals surface area contributed by atoms with E-state index in [1.165, 1.54) is 6.08 Å². The number of hydrogen-bond acceptors (Lipinski definition) is 4. The van der Waals surface area contributed by atoms with Crippen LogP contribution in [0.15, 0.2) is 30.1 Å². The predicted molar refractivity (Wildman–Crippen MR) is 103 cm³/mol. The molecule has 0 bridgehead atoms. The van der Waals surface area contributed by atoms with Gasteiger partial charge >= 0.3 is 7.12 Å². The maximum Gasteiger partial charge on any atom is 0.525 e. The van der Waals surface area contributed by atoms with Gasteiger partial charge in [-0.1, -0.05) is 20.8 Å². The minimum Gasteiger partial charge on any atom is -0.398 e. The number of nitrogens with zero attached hydrogens (tertiary/aromatic N) is 2. The Bertz CT molecular complexity index is 856. The van der Waals surface area contributed by atoms with Crippen LogP contribution in [0.5, 0.6) is 0 Å². The molecule has 1 fully saturated rings. The second-order valence-electron chi connectivity index (χ2n) is 8.88. The topological polar surface area (TPSA) is 44.2 Å². The molecule has 3 heterocycles. The average Bonchev–Trinajstić information content (AvgIpc) is 2.74. The molecule has 0 aliphatic carbocycles. The van der Waals surface area contributed by atoms with E-state index in [-0.39, 0.29) is 5.41 Å². The van der Waals surface area contributed by atoms with Crippen LogP contribution < -0.4 is 0 Å². The molecule has 1 aliphatic heterocycles. The number of fused-ring (bicyclic) bond motifs is 1. The number of pyridine rings is 2. The second-order valence-corrected chi connectivity index (χ2v) is 8.88. The van der Waals surface area contributed by atoms with E-state index in [1.807, 2.05) is 45.9 Å². The molecule has 2 aromatic heterocycles. The van der Waals surface area contributed by atoms with E-state index in [0.29, 0.717) is 11.2 Å². The summed E-state index contributed by atoms with van der Waals surface area (Å²) in [7, 11) is -1.00. The number of aromatic nitrogens is 2. The normalized spacial score (nSPS) is 20.0. The minimum atomic E-state index is -1.00. The van der Waals surface area contributed by atoms with Gasteiger partial charge in [-0.25, -0.2) is 14.4 Å². The third kappa shape index (κ3) is 3.53. The van der Waals surface area contributed by atoms with Crippen LogP contribution in [0.1, 0.15) is 59.7 Å². The summed E-state index contributed by atoms with van der Waals surface area (Å²) >= 11 is 0. The van der Waals surface area contributed by atoms with Crippen molar-refractivity contribution in [1.82, 2.24) is 9.97 Å². The van der Waals surface area contributed by atoms with E-state index in [1.54, 1.807) is 6.20 Å². The van der Waals surface area contributed by atoms with Crippen molar-refractivity contribution in [2.45, 2.75) is 65.1 Å². The first-order valence-electron chi connectivity index (χ1n) is 8.89. The molecule has 1 aliphatic rings. The van der Waals surface area contributed by atoms with Crippen LogP contribution in [0.2, 0.25) is 0 Å². The van der Waals surface area contributed by atoms with Gasteiger partial charge in [-0.15, -0.1) is 0 Å². The smallest absolute Gasteiger partial charge is 0.398 e. The van der Waals surface area contributed by atoms with Gasteiger partial charge < -0.3 is 9.31 Å². The first kappa shape index (κ1) is 19.0. The lowest BCUT2D eigenvalue weighted by atomic mass is 9.87. The molecule has 26 heavy (non-hydrogen) atoms. The lowest BCUT2D eigenvalue weighted by molar-refractivity contribution is 0.00578. The molecular formula is C20H26BFN2O2. The summed E-state index contributed by atoms with van der Waals surface area (Å²) in [5, 5.41) is 0.869. The van der Waals surface area contributed by atoms with Crippen LogP contribution in [0.25, 0.3) is 17.1 Å². The van der Waals surface area contributed by atoms with Gasteiger partial charge in [0.1, 0.15) is 5.73 Å². The Morgan fingerprint density at radius 2 is 1.73 bits per heavy atom. The molecule has 0 N–H and O–H groups in total. The summed E-state index contributed by atoms with van der Waals surface area (Å²) in [6.45, 7) is 13.9. The second kappa shape index (κ2) is 6.13. The molecule has 0 atom stereocenters. The number of rotatable bonds is 2. The quantitative estimate of drug-likeness (QED) is 0.720. The van der Waals surface area contributed by atoms with Crippen molar-refractivity contribution in [3.05, 3.63) is 41.4 Å². The van der Waals surface area contributed by atoms with Crippen LogP contribution >= 0.6 is 0 Å². The Balaban J connectivity index is 1.88. The summed E-state index contributed by atoms with van der Waals surface area (Å²) < 4.78 is 26.1.